The zero-order valence-corrected chi connectivity index (χ0v) is 20.1. The summed E-state index contributed by atoms with van der Waals surface area (Å²) in [4.78, 5) is 4.59. The number of aromatic nitrogens is 1. The van der Waals surface area contributed by atoms with Crippen LogP contribution in [0.3, 0.4) is 0 Å². The van der Waals surface area contributed by atoms with Gasteiger partial charge in [-0.25, -0.2) is 4.98 Å². The standard InChI is InChI=1S/C19H32INOSSi/c1-8-24(9-2,10-3)22-19(14(4)11-16(6)20)15(5)12-18-13-23-17(7)21-18/h11-14,19H,8-10H2,1-7H3/b15-12+,16-11-/t14?,19-/m0/s1. The number of allylic oxidation sites excluding steroid dienone is 1. The average molecular weight is 478 g/mol. The fourth-order valence-corrected chi connectivity index (χ4v) is 7.17. The lowest BCUT2D eigenvalue weighted by Gasteiger charge is -2.36. The number of halogens is 1. The average Bonchev–Trinajstić information content (AvgIpc) is 2.93. The number of nitrogens with zero attached hydrogens (tertiary/aromatic N) is 1. The molecule has 0 fully saturated rings. The number of hydrogen-bond acceptors (Lipinski definition) is 3. The third-order valence-electron chi connectivity index (χ3n) is 4.74. The molecule has 0 saturated carbocycles. The van der Waals surface area contributed by atoms with Crippen molar-refractivity contribution < 1.29 is 4.43 Å². The van der Waals surface area contributed by atoms with Crippen LogP contribution in [-0.4, -0.2) is 19.4 Å². The van der Waals surface area contributed by atoms with E-state index in [9.17, 15) is 0 Å². The van der Waals surface area contributed by atoms with Crippen LogP contribution in [0, 0.1) is 12.8 Å². The molecule has 1 aromatic heterocycles. The van der Waals surface area contributed by atoms with E-state index >= 15 is 0 Å². The Bertz CT molecular complexity index is 565. The largest absolute Gasteiger partial charge is 0.410 e. The maximum absolute atomic E-state index is 6.89. The monoisotopic (exact) mass is 477 g/mol. The molecule has 1 aromatic rings. The van der Waals surface area contributed by atoms with Gasteiger partial charge in [-0.3, -0.25) is 0 Å². The van der Waals surface area contributed by atoms with Gasteiger partial charge in [0.15, 0.2) is 8.32 Å². The molecule has 5 heteroatoms. The van der Waals surface area contributed by atoms with Crippen molar-refractivity contribution in [1.29, 1.82) is 0 Å². The first-order chi connectivity index (χ1) is 11.3. The number of aryl methyl sites for hydroxylation is 1. The third-order valence-corrected chi connectivity index (χ3v) is 10.5. The van der Waals surface area contributed by atoms with Gasteiger partial charge in [-0.2, -0.15) is 0 Å². The summed E-state index contributed by atoms with van der Waals surface area (Å²) in [6, 6.07) is 3.54. The molecular formula is C19H32INOSSi. The van der Waals surface area contributed by atoms with Crippen molar-refractivity contribution in [2.24, 2.45) is 5.92 Å². The molecule has 1 unspecified atom stereocenters. The summed E-state index contributed by atoms with van der Waals surface area (Å²) in [5.41, 5.74) is 2.34. The Morgan fingerprint density at radius 1 is 1.29 bits per heavy atom. The van der Waals surface area contributed by atoms with Crippen molar-refractivity contribution in [3.05, 3.63) is 31.3 Å². The smallest absolute Gasteiger partial charge is 0.192 e. The highest BCUT2D eigenvalue weighted by Crippen LogP contribution is 2.31. The zero-order chi connectivity index (χ0) is 18.3. The van der Waals surface area contributed by atoms with Gasteiger partial charge in [-0.15, -0.1) is 11.3 Å². The molecule has 0 bridgehead atoms. The van der Waals surface area contributed by atoms with Gasteiger partial charge < -0.3 is 4.43 Å². The maximum Gasteiger partial charge on any atom is 0.192 e. The lowest BCUT2D eigenvalue weighted by Crippen LogP contribution is -2.42. The van der Waals surface area contributed by atoms with Gasteiger partial charge in [0.1, 0.15) is 0 Å². The summed E-state index contributed by atoms with van der Waals surface area (Å²) >= 11 is 4.10. The number of hydrogen-bond donors (Lipinski definition) is 0. The second-order valence-electron chi connectivity index (χ2n) is 6.57. The number of rotatable bonds is 9. The highest BCUT2D eigenvalue weighted by atomic mass is 127. The van der Waals surface area contributed by atoms with Crippen molar-refractivity contribution in [2.75, 3.05) is 0 Å². The first-order valence-electron chi connectivity index (χ1n) is 8.89. The summed E-state index contributed by atoms with van der Waals surface area (Å²) in [6.45, 7) is 15.6. The predicted molar refractivity (Wildman–Crippen MR) is 120 cm³/mol. The van der Waals surface area contributed by atoms with Crippen molar-refractivity contribution >= 4 is 48.3 Å². The molecule has 136 valence electrons. The van der Waals surface area contributed by atoms with Crippen LogP contribution in [0.5, 0.6) is 0 Å². The topological polar surface area (TPSA) is 22.1 Å². The second-order valence-corrected chi connectivity index (χ2v) is 14.1. The Kier molecular flexibility index (Phi) is 9.41. The molecular weight excluding hydrogens is 445 g/mol. The van der Waals surface area contributed by atoms with E-state index < -0.39 is 8.32 Å². The SMILES string of the molecule is CC[Si](CC)(CC)O[C@H](/C(C)=C/c1csc(C)n1)C(C)/C=C(/C)I. The maximum atomic E-state index is 6.89. The summed E-state index contributed by atoms with van der Waals surface area (Å²) in [6.07, 6.45) is 4.68. The Morgan fingerprint density at radius 2 is 1.88 bits per heavy atom. The Balaban J connectivity index is 3.17. The third kappa shape index (κ3) is 6.39. The quantitative estimate of drug-likeness (QED) is 0.277. The minimum atomic E-state index is -1.66. The van der Waals surface area contributed by atoms with E-state index in [0.717, 1.165) is 10.7 Å². The van der Waals surface area contributed by atoms with Gasteiger partial charge >= 0.3 is 0 Å². The van der Waals surface area contributed by atoms with E-state index in [1.807, 2.05) is 0 Å². The molecule has 1 rings (SSSR count). The molecule has 0 radical (unpaired) electrons. The fourth-order valence-electron chi connectivity index (χ4n) is 3.10. The minimum absolute atomic E-state index is 0.142. The van der Waals surface area contributed by atoms with Gasteiger partial charge in [-0.1, -0.05) is 33.8 Å². The molecule has 0 saturated heterocycles. The molecule has 0 amide bonds. The molecule has 0 aliphatic carbocycles. The van der Waals surface area contributed by atoms with Crippen molar-refractivity contribution in [3.63, 3.8) is 0 Å². The van der Waals surface area contributed by atoms with Crippen LogP contribution >= 0.6 is 33.9 Å². The minimum Gasteiger partial charge on any atom is -0.410 e. The van der Waals surface area contributed by atoms with Crippen LogP contribution < -0.4 is 0 Å². The summed E-state index contributed by atoms with van der Waals surface area (Å²) < 4.78 is 8.21. The fraction of sp³-hybridized carbons (Fsp3) is 0.632. The molecule has 0 aliphatic rings. The molecule has 2 atom stereocenters. The zero-order valence-electron chi connectivity index (χ0n) is 16.1. The van der Waals surface area contributed by atoms with Gasteiger partial charge in [0, 0.05) is 11.3 Å². The Morgan fingerprint density at radius 3 is 2.29 bits per heavy atom. The van der Waals surface area contributed by atoms with E-state index in [1.165, 1.54) is 27.3 Å². The van der Waals surface area contributed by atoms with Crippen LogP contribution in [0.1, 0.15) is 52.2 Å². The van der Waals surface area contributed by atoms with Crippen LogP contribution in [-0.2, 0) is 4.43 Å². The molecule has 2 nitrogen and oxygen atoms in total. The van der Waals surface area contributed by atoms with Crippen LogP contribution in [0.15, 0.2) is 20.6 Å². The van der Waals surface area contributed by atoms with Gasteiger partial charge in [-0.05, 0) is 76.7 Å². The molecule has 1 heterocycles. The van der Waals surface area contributed by atoms with Crippen LogP contribution in [0.25, 0.3) is 6.08 Å². The lowest BCUT2D eigenvalue weighted by atomic mass is 9.97. The summed E-state index contributed by atoms with van der Waals surface area (Å²) in [5.74, 6) is 0.370. The van der Waals surface area contributed by atoms with Gasteiger partial charge in [0.2, 0.25) is 0 Å². The van der Waals surface area contributed by atoms with Crippen molar-refractivity contribution in [2.45, 2.75) is 72.7 Å². The van der Waals surface area contributed by atoms with E-state index in [0.29, 0.717) is 5.92 Å². The predicted octanol–water partition coefficient (Wildman–Crippen LogP) is 7.22. The Labute approximate surface area is 167 Å². The van der Waals surface area contributed by atoms with Crippen LogP contribution in [0.4, 0.5) is 0 Å². The highest BCUT2D eigenvalue weighted by molar-refractivity contribution is 14.1. The van der Waals surface area contributed by atoms with Gasteiger partial charge in [0.25, 0.3) is 0 Å². The Hall–Kier alpha value is 0.0169. The van der Waals surface area contributed by atoms with E-state index in [2.05, 4.69) is 93.6 Å². The first kappa shape index (κ1) is 22.1. The van der Waals surface area contributed by atoms with E-state index in [1.54, 1.807) is 11.3 Å². The molecule has 0 N–H and O–H groups in total. The molecule has 0 aliphatic heterocycles. The van der Waals surface area contributed by atoms with Crippen molar-refractivity contribution in [3.8, 4) is 0 Å². The van der Waals surface area contributed by atoms with E-state index in [4.69, 9.17) is 4.43 Å². The summed E-state index contributed by atoms with van der Waals surface area (Å²) in [7, 11) is -1.66. The highest BCUT2D eigenvalue weighted by Gasteiger charge is 2.34. The second kappa shape index (κ2) is 10.2. The van der Waals surface area contributed by atoms with Gasteiger partial charge in [0.05, 0.1) is 16.8 Å². The molecule has 0 spiro atoms. The first-order valence-corrected chi connectivity index (χ1v) is 13.4. The van der Waals surface area contributed by atoms with Crippen LogP contribution in [0.2, 0.25) is 18.1 Å². The summed E-state index contributed by atoms with van der Waals surface area (Å²) in [5, 5.41) is 3.24. The molecule has 24 heavy (non-hydrogen) atoms. The number of thiazole rings is 1. The normalized spacial score (nSPS) is 16.3. The molecule has 0 aromatic carbocycles. The van der Waals surface area contributed by atoms with Crippen molar-refractivity contribution in [1.82, 2.24) is 4.98 Å². The van der Waals surface area contributed by atoms with E-state index in [-0.39, 0.29) is 6.10 Å². The lowest BCUT2D eigenvalue weighted by molar-refractivity contribution is 0.185.